The molecule has 0 aliphatic heterocycles. The maximum absolute atomic E-state index is 14.8. The SMILES string of the molecule is CC1C=C(n2nc(C(F)(F)F)cc2C(=O)Nc2c(F)cccc2C(O)c2ccccc2)C=C(CN)C1. The molecule has 1 amide bonds. The predicted octanol–water partition coefficient (Wildman–Crippen LogP) is 5.14. The molecule has 1 aliphatic rings. The topological polar surface area (TPSA) is 93.2 Å². The molecule has 0 fully saturated rings. The van der Waals surface area contributed by atoms with Crippen LogP contribution in [0, 0.1) is 11.7 Å². The van der Waals surface area contributed by atoms with Crippen molar-refractivity contribution in [2.45, 2.75) is 25.6 Å². The molecule has 36 heavy (non-hydrogen) atoms. The van der Waals surface area contributed by atoms with E-state index in [-0.39, 0.29) is 29.4 Å². The van der Waals surface area contributed by atoms with E-state index in [1.54, 1.807) is 42.5 Å². The van der Waals surface area contributed by atoms with Gasteiger partial charge in [0.05, 0.1) is 11.4 Å². The predicted molar refractivity (Wildman–Crippen MR) is 127 cm³/mol. The largest absolute Gasteiger partial charge is 0.435 e. The van der Waals surface area contributed by atoms with E-state index in [2.05, 4.69) is 10.4 Å². The van der Waals surface area contributed by atoms with Crippen LogP contribution in [0.25, 0.3) is 5.70 Å². The lowest BCUT2D eigenvalue weighted by Crippen LogP contribution is -2.21. The Morgan fingerprint density at radius 3 is 2.61 bits per heavy atom. The summed E-state index contributed by atoms with van der Waals surface area (Å²) in [5.74, 6) is -1.92. The molecule has 1 aromatic heterocycles. The first-order valence-corrected chi connectivity index (χ1v) is 11.2. The van der Waals surface area contributed by atoms with Crippen LogP contribution in [0.4, 0.5) is 23.2 Å². The minimum Gasteiger partial charge on any atom is -0.384 e. The van der Waals surface area contributed by atoms with Gasteiger partial charge >= 0.3 is 6.18 Å². The molecule has 0 radical (unpaired) electrons. The Kier molecular flexibility index (Phi) is 7.09. The number of anilines is 1. The average Bonchev–Trinajstić information content (AvgIpc) is 3.31. The fourth-order valence-corrected chi connectivity index (χ4v) is 4.13. The standard InChI is InChI=1S/C26H24F4N4O2/c1-15-10-16(14-31)12-18(11-15)34-21(13-22(33-34)26(28,29)30)25(36)32-23-19(8-5-9-20(23)27)24(35)17-6-3-2-4-7-17/h2-9,11-13,15,24,35H,10,14,31H2,1H3,(H,32,36). The van der Waals surface area contributed by atoms with Crippen molar-refractivity contribution in [3.05, 3.63) is 101 Å². The average molecular weight is 500 g/mol. The molecule has 2 unspecified atom stereocenters. The third-order valence-corrected chi connectivity index (χ3v) is 5.82. The minimum absolute atomic E-state index is 0.0443. The van der Waals surface area contributed by atoms with Crippen molar-refractivity contribution in [2.24, 2.45) is 11.7 Å². The highest BCUT2D eigenvalue weighted by Crippen LogP contribution is 2.34. The number of nitrogens with zero attached hydrogens (tertiary/aromatic N) is 2. The summed E-state index contributed by atoms with van der Waals surface area (Å²) in [6.07, 6.45) is -2.18. The number of aliphatic hydroxyl groups is 1. The first-order valence-electron chi connectivity index (χ1n) is 11.2. The number of allylic oxidation sites excluding steroid dienone is 3. The molecule has 1 aliphatic carbocycles. The van der Waals surface area contributed by atoms with E-state index in [1.807, 2.05) is 6.92 Å². The number of hydrogen-bond acceptors (Lipinski definition) is 4. The Morgan fingerprint density at radius 2 is 1.94 bits per heavy atom. The third-order valence-electron chi connectivity index (χ3n) is 5.82. The van der Waals surface area contributed by atoms with Gasteiger partial charge in [-0.25, -0.2) is 9.07 Å². The van der Waals surface area contributed by atoms with Gasteiger partial charge in [0.15, 0.2) is 5.69 Å². The third kappa shape index (κ3) is 5.24. The van der Waals surface area contributed by atoms with Crippen molar-refractivity contribution >= 4 is 17.3 Å². The zero-order valence-electron chi connectivity index (χ0n) is 19.3. The molecule has 188 valence electrons. The molecule has 0 saturated heterocycles. The summed E-state index contributed by atoms with van der Waals surface area (Å²) in [5, 5.41) is 16.8. The number of hydrogen-bond donors (Lipinski definition) is 3. The molecule has 4 rings (SSSR count). The number of para-hydroxylation sites is 1. The molecule has 0 bridgehead atoms. The molecule has 0 spiro atoms. The smallest absolute Gasteiger partial charge is 0.384 e. The number of nitrogens with two attached hydrogens (primary N) is 1. The number of carbonyl (C=O) groups is 1. The Labute approximate surface area is 204 Å². The second-order valence-corrected chi connectivity index (χ2v) is 8.58. The van der Waals surface area contributed by atoms with Gasteiger partial charge in [-0.2, -0.15) is 18.3 Å². The van der Waals surface area contributed by atoms with Crippen molar-refractivity contribution < 1.29 is 27.5 Å². The molecular weight excluding hydrogens is 476 g/mol. The molecule has 10 heteroatoms. The van der Waals surface area contributed by atoms with Crippen LogP contribution in [0.2, 0.25) is 0 Å². The highest BCUT2D eigenvalue weighted by molar-refractivity contribution is 6.04. The summed E-state index contributed by atoms with van der Waals surface area (Å²) in [6.45, 7) is 2.07. The van der Waals surface area contributed by atoms with Crippen LogP contribution >= 0.6 is 0 Å². The van der Waals surface area contributed by atoms with E-state index in [9.17, 15) is 27.5 Å². The Balaban J connectivity index is 1.76. The Bertz CT molecular complexity index is 1330. The van der Waals surface area contributed by atoms with Gasteiger partial charge in [-0.3, -0.25) is 4.79 Å². The first kappa shape index (κ1) is 25.3. The van der Waals surface area contributed by atoms with Gasteiger partial charge < -0.3 is 16.2 Å². The summed E-state index contributed by atoms with van der Waals surface area (Å²) in [7, 11) is 0. The number of benzene rings is 2. The normalized spacial score (nSPS) is 16.8. The zero-order chi connectivity index (χ0) is 26.0. The summed E-state index contributed by atoms with van der Waals surface area (Å²) in [6, 6.07) is 12.9. The highest BCUT2D eigenvalue weighted by Gasteiger charge is 2.37. The lowest BCUT2D eigenvalue weighted by Gasteiger charge is -2.20. The summed E-state index contributed by atoms with van der Waals surface area (Å²) < 4.78 is 56.3. The first-order chi connectivity index (χ1) is 17.1. The second-order valence-electron chi connectivity index (χ2n) is 8.58. The Morgan fingerprint density at radius 1 is 1.22 bits per heavy atom. The van der Waals surface area contributed by atoms with Gasteiger partial charge in [-0.05, 0) is 30.0 Å². The number of aliphatic hydroxyl groups excluding tert-OH is 1. The van der Waals surface area contributed by atoms with Crippen LogP contribution in [-0.4, -0.2) is 27.3 Å². The summed E-state index contributed by atoms with van der Waals surface area (Å²) in [5.41, 5.74) is 5.22. The van der Waals surface area contributed by atoms with Gasteiger partial charge in [-0.15, -0.1) is 0 Å². The molecule has 3 aromatic rings. The number of rotatable bonds is 6. The molecule has 2 atom stereocenters. The lowest BCUT2D eigenvalue weighted by atomic mass is 9.94. The number of amides is 1. The quantitative estimate of drug-likeness (QED) is 0.409. The van der Waals surface area contributed by atoms with E-state index in [1.165, 1.54) is 12.1 Å². The van der Waals surface area contributed by atoms with Crippen molar-refractivity contribution in [2.75, 3.05) is 11.9 Å². The molecule has 2 aromatic carbocycles. The highest BCUT2D eigenvalue weighted by atomic mass is 19.4. The van der Waals surface area contributed by atoms with Crippen molar-refractivity contribution in [3.8, 4) is 0 Å². The molecule has 4 N–H and O–H groups in total. The van der Waals surface area contributed by atoms with Crippen molar-refractivity contribution in [1.82, 2.24) is 9.78 Å². The van der Waals surface area contributed by atoms with E-state index in [0.717, 1.165) is 16.3 Å². The number of alkyl halides is 3. The van der Waals surface area contributed by atoms with Crippen LogP contribution in [0.15, 0.2) is 72.3 Å². The van der Waals surface area contributed by atoms with Gasteiger partial charge in [0.2, 0.25) is 0 Å². The molecule has 6 nitrogen and oxygen atoms in total. The summed E-state index contributed by atoms with van der Waals surface area (Å²) in [4.78, 5) is 13.3. The van der Waals surface area contributed by atoms with Crippen molar-refractivity contribution in [1.29, 1.82) is 0 Å². The fraction of sp³-hybridized carbons (Fsp3) is 0.231. The molecule has 0 saturated carbocycles. The number of nitrogens with one attached hydrogen (secondary N) is 1. The van der Waals surface area contributed by atoms with E-state index < -0.39 is 35.4 Å². The van der Waals surface area contributed by atoms with E-state index >= 15 is 0 Å². The van der Waals surface area contributed by atoms with Crippen molar-refractivity contribution in [3.63, 3.8) is 0 Å². The number of carbonyl (C=O) groups excluding carboxylic acids is 1. The Hall–Kier alpha value is -3.76. The zero-order valence-corrected chi connectivity index (χ0v) is 19.3. The number of halogens is 4. The van der Waals surface area contributed by atoms with Gasteiger partial charge in [0, 0.05) is 18.2 Å². The van der Waals surface area contributed by atoms with Gasteiger partial charge in [-0.1, -0.05) is 61.0 Å². The van der Waals surface area contributed by atoms with Crippen LogP contribution in [0.5, 0.6) is 0 Å². The van der Waals surface area contributed by atoms with Crippen LogP contribution in [0.1, 0.15) is 46.8 Å². The minimum atomic E-state index is -4.81. The van der Waals surface area contributed by atoms with E-state index in [4.69, 9.17) is 5.73 Å². The molecular formula is C26H24F4N4O2. The van der Waals surface area contributed by atoms with Crippen LogP contribution in [-0.2, 0) is 6.18 Å². The van der Waals surface area contributed by atoms with E-state index in [0.29, 0.717) is 18.1 Å². The summed E-state index contributed by atoms with van der Waals surface area (Å²) >= 11 is 0. The fourth-order valence-electron chi connectivity index (χ4n) is 4.13. The lowest BCUT2D eigenvalue weighted by molar-refractivity contribution is -0.141. The second kappa shape index (κ2) is 10.1. The van der Waals surface area contributed by atoms with Crippen LogP contribution in [0.3, 0.4) is 0 Å². The van der Waals surface area contributed by atoms with Gasteiger partial charge in [0.1, 0.15) is 17.6 Å². The monoisotopic (exact) mass is 500 g/mol. The maximum atomic E-state index is 14.8. The maximum Gasteiger partial charge on any atom is 0.435 e. The number of aromatic nitrogens is 2. The van der Waals surface area contributed by atoms with Gasteiger partial charge in [0.25, 0.3) is 5.91 Å². The van der Waals surface area contributed by atoms with Crippen LogP contribution < -0.4 is 11.1 Å². The molecule has 1 heterocycles.